The fourth-order valence-electron chi connectivity index (χ4n) is 2.92. The van der Waals surface area contributed by atoms with Crippen LogP contribution in [0.15, 0.2) is 48.5 Å². The van der Waals surface area contributed by atoms with Gasteiger partial charge in [-0.1, -0.05) is 31.2 Å². The summed E-state index contributed by atoms with van der Waals surface area (Å²) < 4.78 is 1.69. The zero-order valence-corrected chi connectivity index (χ0v) is 14.0. The first-order valence-electron chi connectivity index (χ1n) is 7.98. The van der Waals surface area contributed by atoms with Crippen LogP contribution >= 0.6 is 0 Å². The monoisotopic (exact) mass is 331 g/mol. The molecule has 3 rings (SSSR count). The third kappa shape index (κ3) is 3.02. The maximum absolute atomic E-state index is 11.9. The molecule has 1 N–H and O–H groups in total. The average molecular weight is 331 g/mol. The Kier molecular flexibility index (Phi) is 4.36. The Morgan fingerprint density at radius 1 is 1.24 bits per heavy atom. The van der Waals surface area contributed by atoms with Crippen LogP contribution in [0.4, 0.5) is 0 Å². The number of carboxylic acid groups (broad SMARTS) is 1. The van der Waals surface area contributed by atoms with E-state index in [0.29, 0.717) is 28.9 Å². The lowest BCUT2D eigenvalue weighted by Crippen LogP contribution is -2.05. The maximum atomic E-state index is 11.9. The largest absolute Gasteiger partial charge is 0.478 e. The van der Waals surface area contributed by atoms with Crippen molar-refractivity contribution in [1.29, 1.82) is 5.26 Å². The second-order valence-corrected chi connectivity index (χ2v) is 5.77. The number of nitrogens with zero attached hydrogens (tertiary/aromatic N) is 3. The number of hydrogen-bond donors (Lipinski definition) is 1. The van der Waals surface area contributed by atoms with Gasteiger partial charge in [-0.25, -0.2) is 9.48 Å². The number of hydrogen-bond acceptors (Lipinski definition) is 3. The molecular formula is C20H17N3O2. The van der Waals surface area contributed by atoms with Crippen molar-refractivity contribution in [1.82, 2.24) is 9.78 Å². The summed E-state index contributed by atoms with van der Waals surface area (Å²) in [7, 11) is 0. The number of nitriles is 1. The molecule has 0 atom stereocenters. The van der Waals surface area contributed by atoms with Crippen molar-refractivity contribution in [3.63, 3.8) is 0 Å². The van der Waals surface area contributed by atoms with Crippen LogP contribution < -0.4 is 0 Å². The van der Waals surface area contributed by atoms with E-state index in [-0.39, 0.29) is 5.56 Å². The highest BCUT2D eigenvalue weighted by Gasteiger charge is 2.24. The molecule has 0 saturated carbocycles. The fourth-order valence-corrected chi connectivity index (χ4v) is 2.92. The molecule has 124 valence electrons. The summed E-state index contributed by atoms with van der Waals surface area (Å²) >= 11 is 0. The van der Waals surface area contributed by atoms with Gasteiger partial charge >= 0.3 is 5.97 Å². The normalized spacial score (nSPS) is 10.4. The molecule has 0 radical (unpaired) electrons. The average Bonchev–Trinajstić information content (AvgIpc) is 3.01. The Hall–Kier alpha value is -3.39. The first kappa shape index (κ1) is 16.5. The highest BCUT2D eigenvalue weighted by atomic mass is 16.4. The summed E-state index contributed by atoms with van der Waals surface area (Å²) in [5, 5.41) is 23.5. The van der Waals surface area contributed by atoms with E-state index in [1.165, 1.54) is 0 Å². The van der Waals surface area contributed by atoms with Gasteiger partial charge in [-0.15, -0.1) is 0 Å². The predicted molar refractivity (Wildman–Crippen MR) is 94.8 cm³/mol. The summed E-state index contributed by atoms with van der Waals surface area (Å²) in [6, 6.07) is 16.7. The number of carbonyl (C=O) groups is 1. The van der Waals surface area contributed by atoms with Gasteiger partial charge in [-0.2, -0.15) is 10.4 Å². The van der Waals surface area contributed by atoms with Gasteiger partial charge in [0.2, 0.25) is 0 Å². The quantitative estimate of drug-likeness (QED) is 0.784. The van der Waals surface area contributed by atoms with E-state index in [4.69, 9.17) is 5.26 Å². The molecule has 0 amide bonds. The van der Waals surface area contributed by atoms with Crippen molar-refractivity contribution in [2.24, 2.45) is 0 Å². The zero-order chi connectivity index (χ0) is 18.0. The SMILES string of the molecule is CCc1c(C(=O)O)c(-c2cccc(C#N)c2)nn1-c1cccc(C)c1. The number of aryl methyl sites for hydroxylation is 1. The molecule has 0 saturated heterocycles. The van der Waals surface area contributed by atoms with Gasteiger partial charge < -0.3 is 5.11 Å². The number of carboxylic acids is 1. The van der Waals surface area contributed by atoms with E-state index in [9.17, 15) is 9.90 Å². The Balaban J connectivity index is 2.29. The first-order valence-corrected chi connectivity index (χ1v) is 7.98. The van der Waals surface area contributed by atoms with E-state index in [2.05, 4.69) is 11.2 Å². The number of benzene rings is 2. The van der Waals surface area contributed by atoms with E-state index >= 15 is 0 Å². The topological polar surface area (TPSA) is 78.9 Å². The van der Waals surface area contributed by atoms with Gasteiger partial charge in [-0.3, -0.25) is 0 Å². The molecule has 0 fully saturated rings. The lowest BCUT2D eigenvalue weighted by molar-refractivity contribution is 0.0696. The highest BCUT2D eigenvalue weighted by molar-refractivity contribution is 5.96. The van der Waals surface area contributed by atoms with Gasteiger partial charge in [0.05, 0.1) is 23.0 Å². The van der Waals surface area contributed by atoms with Crippen molar-refractivity contribution in [2.75, 3.05) is 0 Å². The molecule has 5 heteroatoms. The highest BCUT2D eigenvalue weighted by Crippen LogP contribution is 2.29. The number of aromatic carboxylic acids is 1. The first-order chi connectivity index (χ1) is 12.0. The van der Waals surface area contributed by atoms with Crippen molar-refractivity contribution in [3.8, 4) is 23.0 Å². The van der Waals surface area contributed by atoms with Crippen LogP contribution in [0, 0.1) is 18.3 Å². The molecule has 0 spiro atoms. The van der Waals surface area contributed by atoms with Crippen LogP contribution in [0.1, 0.15) is 34.1 Å². The summed E-state index contributed by atoms with van der Waals surface area (Å²) in [4.78, 5) is 11.9. The molecule has 2 aromatic carbocycles. The van der Waals surface area contributed by atoms with Crippen LogP contribution in [-0.2, 0) is 6.42 Å². The van der Waals surface area contributed by atoms with Crippen LogP contribution in [0.5, 0.6) is 0 Å². The second kappa shape index (κ2) is 6.62. The molecule has 0 bridgehead atoms. The van der Waals surface area contributed by atoms with Gasteiger partial charge in [0.25, 0.3) is 0 Å². The van der Waals surface area contributed by atoms with Crippen molar-refractivity contribution < 1.29 is 9.90 Å². The van der Waals surface area contributed by atoms with E-state index in [1.54, 1.807) is 28.9 Å². The van der Waals surface area contributed by atoms with E-state index in [1.807, 2.05) is 38.1 Å². The lowest BCUT2D eigenvalue weighted by Gasteiger charge is -2.07. The Bertz CT molecular complexity index is 996. The molecule has 5 nitrogen and oxygen atoms in total. The third-order valence-corrected chi connectivity index (χ3v) is 4.04. The molecular weight excluding hydrogens is 314 g/mol. The van der Waals surface area contributed by atoms with Gasteiger partial charge in [0.15, 0.2) is 0 Å². The molecule has 0 unspecified atom stereocenters. The van der Waals surface area contributed by atoms with E-state index in [0.717, 1.165) is 11.3 Å². The van der Waals surface area contributed by atoms with E-state index < -0.39 is 5.97 Å². The summed E-state index contributed by atoms with van der Waals surface area (Å²) in [5.74, 6) is -1.02. The van der Waals surface area contributed by atoms with Crippen LogP contribution in [0.2, 0.25) is 0 Å². The predicted octanol–water partition coefficient (Wildman–Crippen LogP) is 3.98. The van der Waals surface area contributed by atoms with Crippen LogP contribution in [0.3, 0.4) is 0 Å². The molecule has 1 aromatic heterocycles. The minimum atomic E-state index is -1.02. The Morgan fingerprint density at radius 2 is 2.00 bits per heavy atom. The summed E-state index contributed by atoms with van der Waals surface area (Å²) in [5.41, 5.74) is 4.18. The molecule has 0 aliphatic carbocycles. The molecule has 3 aromatic rings. The third-order valence-electron chi connectivity index (χ3n) is 4.04. The van der Waals surface area contributed by atoms with Crippen molar-refractivity contribution in [3.05, 3.63) is 70.9 Å². The Labute approximate surface area is 145 Å². The lowest BCUT2D eigenvalue weighted by atomic mass is 10.0. The molecule has 25 heavy (non-hydrogen) atoms. The molecule has 0 aliphatic rings. The van der Waals surface area contributed by atoms with Crippen LogP contribution in [-0.4, -0.2) is 20.9 Å². The van der Waals surface area contributed by atoms with Gasteiger partial charge in [-0.05, 0) is 43.2 Å². The Morgan fingerprint density at radius 3 is 2.64 bits per heavy atom. The fraction of sp³-hybridized carbons (Fsp3) is 0.150. The number of aromatic nitrogens is 2. The second-order valence-electron chi connectivity index (χ2n) is 5.77. The summed E-state index contributed by atoms with van der Waals surface area (Å²) in [6.07, 6.45) is 0.528. The minimum absolute atomic E-state index is 0.180. The smallest absolute Gasteiger partial charge is 0.339 e. The zero-order valence-electron chi connectivity index (χ0n) is 14.0. The van der Waals surface area contributed by atoms with Gasteiger partial charge in [0, 0.05) is 5.56 Å². The van der Waals surface area contributed by atoms with Crippen molar-refractivity contribution >= 4 is 5.97 Å². The van der Waals surface area contributed by atoms with Gasteiger partial charge in [0.1, 0.15) is 11.3 Å². The minimum Gasteiger partial charge on any atom is -0.478 e. The summed E-state index contributed by atoms with van der Waals surface area (Å²) in [6.45, 7) is 3.89. The van der Waals surface area contributed by atoms with Crippen molar-refractivity contribution in [2.45, 2.75) is 20.3 Å². The maximum Gasteiger partial charge on any atom is 0.339 e. The molecule has 0 aliphatic heterocycles. The standard InChI is InChI=1S/C20H17N3O2/c1-3-17-18(20(24)25)19(15-8-5-7-14(11-15)12-21)22-23(17)16-9-4-6-13(2)10-16/h4-11H,3H2,1-2H3,(H,24,25). The molecule has 1 heterocycles. The number of rotatable bonds is 4. The van der Waals surface area contributed by atoms with Crippen LogP contribution in [0.25, 0.3) is 16.9 Å².